The molecule has 138 valence electrons. The summed E-state index contributed by atoms with van der Waals surface area (Å²) in [4.78, 5) is 27.3. The minimum Gasteiger partial charge on any atom is -0.375 e. The van der Waals surface area contributed by atoms with Crippen LogP contribution >= 0.6 is 15.9 Å². The maximum Gasteiger partial charge on any atom is 0.265 e. The van der Waals surface area contributed by atoms with E-state index >= 15 is 0 Å². The van der Waals surface area contributed by atoms with E-state index in [1.54, 1.807) is 30.3 Å². The summed E-state index contributed by atoms with van der Waals surface area (Å²) in [6, 6.07) is 18.2. The summed E-state index contributed by atoms with van der Waals surface area (Å²) < 4.78 is 0.707. The van der Waals surface area contributed by atoms with Crippen LogP contribution in [0.15, 0.2) is 65.1 Å². The number of ketones is 1. The third kappa shape index (κ3) is 2.91. The van der Waals surface area contributed by atoms with E-state index in [9.17, 15) is 14.7 Å². The van der Waals surface area contributed by atoms with Gasteiger partial charge in [0.2, 0.25) is 0 Å². The summed E-state index contributed by atoms with van der Waals surface area (Å²) in [5, 5.41) is 13.2. The Morgan fingerprint density at radius 2 is 1.86 bits per heavy atom. The average molecular weight is 434 g/mol. The molecule has 1 amide bonds. The van der Waals surface area contributed by atoms with E-state index in [1.165, 1.54) is 4.90 Å². The molecular weight excluding hydrogens is 418 g/mol. The Morgan fingerprint density at radius 3 is 2.61 bits per heavy atom. The molecule has 1 N–H and O–H groups in total. The average Bonchev–Trinajstić information content (AvgIpc) is 2.89. The van der Waals surface area contributed by atoms with Crippen molar-refractivity contribution >= 4 is 44.1 Å². The Kier molecular flexibility index (Phi) is 4.54. The maximum absolute atomic E-state index is 13.0. The monoisotopic (exact) mass is 433 g/mol. The van der Waals surface area contributed by atoms with Gasteiger partial charge >= 0.3 is 0 Å². The molecule has 28 heavy (non-hydrogen) atoms. The van der Waals surface area contributed by atoms with Crippen LogP contribution < -0.4 is 4.90 Å². The Bertz CT molecular complexity index is 1160. The van der Waals surface area contributed by atoms with Gasteiger partial charge in [0.25, 0.3) is 5.91 Å². The summed E-state index contributed by atoms with van der Waals surface area (Å²) >= 11 is 3.37. The van der Waals surface area contributed by atoms with E-state index in [-0.39, 0.29) is 18.7 Å². The lowest BCUT2D eigenvalue weighted by atomic mass is 9.88. The second-order valence-corrected chi connectivity index (χ2v) is 7.69. The number of carbonyl (C=O) groups excluding carboxylic acids is 2. The van der Waals surface area contributed by atoms with Crippen LogP contribution in [0.1, 0.15) is 22.3 Å². The predicted octanol–water partition coefficient (Wildman–Crippen LogP) is 4.04. The number of rotatable bonds is 4. The zero-order valence-electron chi connectivity index (χ0n) is 14.9. The highest BCUT2D eigenvalue weighted by molar-refractivity contribution is 9.10. The Labute approximate surface area is 170 Å². The van der Waals surface area contributed by atoms with Gasteiger partial charge in [0, 0.05) is 15.6 Å². The summed E-state index contributed by atoms with van der Waals surface area (Å²) in [5.41, 5.74) is -0.582. The van der Waals surface area contributed by atoms with Gasteiger partial charge in [-0.1, -0.05) is 58.2 Å². The molecule has 0 radical (unpaired) electrons. The summed E-state index contributed by atoms with van der Waals surface area (Å²) in [7, 11) is 0. The lowest BCUT2D eigenvalue weighted by Crippen LogP contribution is -2.42. The first-order valence-corrected chi connectivity index (χ1v) is 9.53. The van der Waals surface area contributed by atoms with Gasteiger partial charge in [-0.05, 0) is 35.0 Å². The van der Waals surface area contributed by atoms with Gasteiger partial charge in [-0.2, -0.15) is 0 Å². The smallest absolute Gasteiger partial charge is 0.265 e. The third-order valence-electron chi connectivity index (χ3n) is 5.03. The highest BCUT2D eigenvalue weighted by atomic mass is 79.9. The van der Waals surface area contributed by atoms with Crippen LogP contribution in [0.5, 0.6) is 0 Å². The molecule has 0 aliphatic carbocycles. The summed E-state index contributed by atoms with van der Waals surface area (Å²) in [6.07, 6.45) is 5.04. The Morgan fingerprint density at radius 1 is 1.11 bits per heavy atom. The van der Waals surface area contributed by atoms with E-state index in [2.05, 4.69) is 21.9 Å². The molecule has 4 nitrogen and oxygen atoms in total. The number of hydrogen-bond donors (Lipinski definition) is 1. The van der Waals surface area contributed by atoms with Crippen LogP contribution in [0.3, 0.4) is 0 Å². The van der Waals surface area contributed by atoms with E-state index in [4.69, 9.17) is 6.42 Å². The number of aliphatic hydroxyl groups is 1. The van der Waals surface area contributed by atoms with Crippen molar-refractivity contribution in [2.45, 2.75) is 12.0 Å². The molecule has 3 aromatic rings. The highest BCUT2D eigenvalue weighted by Crippen LogP contribution is 2.44. The number of hydrogen-bond acceptors (Lipinski definition) is 3. The van der Waals surface area contributed by atoms with Crippen LogP contribution in [-0.4, -0.2) is 23.3 Å². The molecule has 0 spiro atoms. The minimum absolute atomic E-state index is 0.0277. The van der Waals surface area contributed by atoms with Gasteiger partial charge in [0.05, 0.1) is 18.7 Å². The summed E-state index contributed by atoms with van der Waals surface area (Å²) in [5.74, 6) is 1.55. The fourth-order valence-electron chi connectivity index (χ4n) is 3.64. The number of benzene rings is 3. The zero-order valence-corrected chi connectivity index (χ0v) is 16.4. The maximum atomic E-state index is 13.0. The summed E-state index contributed by atoms with van der Waals surface area (Å²) in [6.45, 7) is 0.0277. The third-order valence-corrected chi connectivity index (χ3v) is 5.52. The van der Waals surface area contributed by atoms with Crippen LogP contribution in [0, 0.1) is 12.3 Å². The molecule has 0 fully saturated rings. The molecule has 0 saturated carbocycles. The van der Waals surface area contributed by atoms with Crippen molar-refractivity contribution in [3.8, 4) is 12.3 Å². The molecular formula is C23H16BrNO3. The first-order valence-electron chi connectivity index (χ1n) is 8.74. The largest absolute Gasteiger partial charge is 0.375 e. The van der Waals surface area contributed by atoms with Crippen molar-refractivity contribution in [1.82, 2.24) is 0 Å². The van der Waals surface area contributed by atoms with E-state index in [1.807, 2.05) is 30.3 Å². The van der Waals surface area contributed by atoms with Crippen LogP contribution in [-0.2, 0) is 10.4 Å². The van der Waals surface area contributed by atoms with Crippen molar-refractivity contribution in [2.75, 3.05) is 11.4 Å². The van der Waals surface area contributed by atoms with Gasteiger partial charge in [0.1, 0.15) is 0 Å². The van der Waals surface area contributed by atoms with E-state index < -0.39 is 11.5 Å². The quantitative estimate of drug-likeness (QED) is 0.498. The number of terminal acetylenes is 1. The van der Waals surface area contributed by atoms with Crippen LogP contribution in [0.2, 0.25) is 0 Å². The topological polar surface area (TPSA) is 57.6 Å². The van der Waals surface area contributed by atoms with Crippen molar-refractivity contribution in [2.24, 2.45) is 0 Å². The molecule has 1 unspecified atom stereocenters. The molecule has 1 aliphatic heterocycles. The van der Waals surface area contributed by atoms with Gasteiger partial charge < -0.3 is 5.11 Å². The normalized spacial score (nSPS) is 18.2. The fourth-order valence-corrected chi connectivity index (χ4v) is 4.00. The van der Waals surface area contributed by atoms with Crippen LogP contribution in [0.25, 0.3) is 10.8 Å². The number of Topliss-reactive ketones (excluding diaryl/α,β-unsaturated/α-hetero) is 1. The highest BCUT2D eigenvalue weighted by Gasteiger charge is 2.50. The molecule has 0 bridgehead atoms. The number of amides is 1. The van der Waals surface area contributed by atoms with Crippen molar-refractivity contribution in [1.29, 1.82) is 0 Å². The molecule has 5 heteroatoms. The lowest BCUT2D eigenvalue weighted by molar-refractivity contribution is -0.135. The number of carbonyl (C=O) groups is 2. The zero-order chi connectivity index (χ0) is 19.9. The van der Waals surface area contributed by atoms with E-state index in [0.717, 1.165) is 10.8 Å². The molecule has 1 aliphatic rings. The van der Waals surface area contributed by atoms with Gasteiger partial charge in [-0.3, -0.25) is 14.5 Å². The second-order valence-electron chi connectivity index (χ2n) is 6.78. The molecule has 0 saturated heterocycles. The van der Waals surface area contributed by atoms with Gasteiger partial charge in [0.15, 0.2) is 11.4 Å². The van der Waals surface area contributed by atoms with Crippen molar-refractivity contribution in [3.05, 3.63) is 76.3 Å². The SMILES string of the molecule is C#CCN1C(=O)C(O)(CC(=O)c2ccc3ccccc3c2)c2cc(Br)ccc21. The van der Waals surface area contributed by atoms with Crippen LogP contribution in [0.4, 0.5) is 5.69 Å². The molecule has 1 heterocycles. The number of fused-ring (bicyclic) bond motifs is 2. The molecule has 3 aromatic carbocycles. The minimum atomic E-state index is -1.95. The standard InChI is InChI=1S/C23H16BrNO3/c1-2-11-25-20-10-9-18(24)13-19(20)23(28,22(25)27)14-21(26)17-8-7-15-5-3-4-6-16(15)12-17/h1,3-10,12-13,28H,11,14H2. The first-order chi connectivity index (χ1) is 13.4. The second kappa shape index (κ2) is 6.90. The van der Waals surface area contributed by atoms with Crippen molar-refractivity contribution < 1.29 is 14.7 Å². The van der Waals surface area contributed by atoms with Gasteiger partial charge in [-0.25, -0.2) is 0 Å². The Hall–Kier alpha value is -2.94. The molecule has 0 aromatic heterocycles. The van der Waals surface area contributed by atoms with Crippen molar-refractivity contribution in [3.63, 3.8) is 0 Å². The number of nitrogens with zero attached hydrogens (tertiary/aromatic N) is 1. The molecule has 1 atom stereocenters. The first kappa shape index (κ1) is 18.4. The number of anilines is 1. The lowest BCUT2D eigenvalue weighted by Gasteiger charge is -2.22. The number of halogens is 1. The van der Waals surface area contributed by atoms with E-state index in [0.29, 0.717) is 21.3 Å². The fraction of sp³-hybridized carbons (Fsp3) is 0.130. The Balaban J connectivity index is 1.73. The van der Waals surface area contributed by atoms with Gasteiger partial charge in [-0.15, -0.1) is 6.42 Å². The molecule has 4 rings (SSSR count). The predicted molar refractivity (Wildman–Crippen MR) is 112 cm³/mol.